The summed E-state index contributed by atoms with van der Waals surface area (Å²) in [7, 11) is 0. The number of nitrogens with zero attached hydrogens (tertiary/aromatic N) is 1. The van der Waals surface area contributed by atoms with Crippen molar-refractivity contribution in [2.45, 2.75) is 66.3 Å². The molecule has 1 saturated heterocycles. The number of fused-ring (bicyclic) bond motifs is 7. The molecule has 3 atom stereocenters. The van der Waals surface area contributed by atoms with Crippen molar-refractivity contribution in [2.24, 2.45) is 16.8 Å². The van der Waals surface area contributed by atoms with Gasteiger partial charge in [-0.3, -0.25) is 14.6 Å². The van der Waals surface area contributed by atoms with E-state index in [0.29, 0.717) is 22.6 Å². The molecule has 6 N–H and O–H groups in total. The first-order valence-corrected chi connectivity index (χ1v) is 14.8. The number of carboxylic acids is 3. The fourth-order valence-corrected chi connectivity index (χ4v) is 6.82. The first kappa shape index (κ1) is 30.6. The Hall–Kier alpha value is -4.86. The van der Waals surface area contributed by atoms with Crippen LogP contribution in [0.15, 0.2) is 39.7 Å². The van der Waals surface area contributed by atoms with Crippen molar-refractivity contribution in [1.82, 2.24) is 15.3 Å². The molecule has 3 aliphatic heterocycles. The molecular weight excluding hydrogens is 560 g/mol. The Bertz CT molecular complexity index is 1860. The molecule has 10 nitrogen and oxygen atoms in total. The zero-order valence-corrected chi connectivity index (χ0v) is 25.6. The molecule has 0 saturated carbocycles. The van der Waals surface area contributed by atoms with E-state index in [1.54, 1.807) is 6.92 Å². The summed E-state index contributed by atoms with van der Waals surface area (Å²) in [5, 5.41) is 35.1. The van der Waals surface area contributed by atoms with Crippen molar-refractivity contribution < 1.29 is 29.7 Å². The summed E-state index contributed by atoms with van der Waals surface area (Å²) in [6, 6.07) is -1.05. The van der Waals surface area contributed by atoms with Gasteiger partial charge in [0.1, 0.15) is 6.04 Å². The first-order chi connectivity index (χ1) is 20.9. The molecule has 0 spiro atoms. The average Bonchev–Trinajstić information content (AvgIpc) is 3.63. The number of H-pyrrole nitrogens is 2. The number of aliphatic carboxylic acids is 3. The van der Waals surface area contributed by atoms with Crippen LogP contribution in [0, 0.1) is 25.7 Å². The van der Waals surface area contributed by atoms with E-state index in [4.69, 9.17) is 4.99 Å². The molecule has 8 bridgehead atoms. The van der Waals surface area contributed by atoms with Gasteiger partial charge in [0.2, 0.25) is 0 Å². The van der Waals surface area contributed by atoms with E-state index < -0.39 is 30.4 Å². The number of carbonyl (C=O) groups is 3. The second-order valence-electron chi connectivity index (χ2n) is 11.7. The molecule has 2 aromatic heterocycles. The Morgan fingerprint density at radius 1 is 0.977 bits per heavy atom. The molecule has 2 aromatic rings. The molecule has 0 aliphatic carbocycles. The van der Waals surface area contributed by atoms with Crippen LogP contribution in [0.2, 0.25) is 0 Å². The van der Waals surface area contributed by atoms with Gasteiger partial charge in [-0.05, 0) is 79.7 Å². The third-order valence-corrected chi connectivity index (χ3v) is 9.24. The van der Waals surface area contributed by atoms with Gasteiger partial charge in [0, 0.05) is 57.3 Å². The van der Waals surface area contributed by atoms with Crippen LogP contribution in [0.25, 0.3) is 24.3 Å². The minimum absolute atomic E-state index is 0.0151. The Kier molecular flexibility index (Phi) is 8.11. The number of aliphatic imine (C=N–C) groups is 1. The summed E-state index contributed by atoms with van der Waals surface area (Å²) in [6.45, 7) is 13.8. The van der Waals surface area contributed by atoms with Gasteiger partial charge in [-0.2, -0.15) is 0 Å². The molecule has 5 heterocycles. The van der Waals surface area contributed by atoms with Crippen LogP contribution in [-0.4, -0.2) is 54.9 Å². The smallest absolute Gasteiger partial charge is 0.334 e. The van der Waals surface area contributed by atoms with Crippen LogP contribution in [0.3, 0.4) is 0 Å². The van der Waals surface area contributed by atoms with Crippen LogP contribution in [0.1, 0.15) is 73.7 Å². The number of rotatable bonds is 8. The van der Waals surface area contributed by atoms with Gasteiger partial charge in [0.25, 0.3) is 0 Å². The van der Waals surface area contributed by atoms with E-state index in [2.05, 4.69) is 28.8 Å². The largest absolute Gasteiger partial charge is 0.481 e. The average molecular weight is 599 g/mol. The summed E-state index contributed by atoms with van der Waals surface area (Å²) in [6.07, 6.45) is 8.05. The van der Waals surface area contributed by atoms with Crippen molar-refractivity contribution >= 4 is 47.9 Å². The van der Waals surface area contributed by atoms with Gasteiger partial charge in [0.15, 0.2) is 0 Å². The summed E-state index contributed by atoms with van der Waals surface area (Å²) in [4.78, 5) is 48.5. The van der Waals surface area contributed by atoms with Crippen molar-refractivity contribution in [2.75, 3.05) is 0 Å². The van der Waals surface area contributed by atoms with E-state index >= 15 is 0 Å². The van der Waals surface area contributed by atoms with Crippen molar-refractivity contribution in [3.05, 3.63) is 79.0 Å². The van der Waals surface area contributed by atoms with Gasteiger partial charge >= 0.3 is 17.9 Å². The highest BCUT2D eigenvalue weighted by Crippen LogP contribution is 2.42. The second kappa shape index (κ2) is 11.7. The Labute approximate surface area is 255 Å². The van der Waals surface area contributed by atoms with Gasteiger partial charge in [-0.15, -0.1) is 0 Å². The number of hydrogen-bond acceptors (Lipinski definition) is 5. The maximum atomic E-state index is 12.7. The van der Waals surface area contributed by atoms with Crippen molar-refractivity contribution in [3.8, 4) is 0 Å². The molecule has 230 valence electrons. The molecule has 5 rings (SSSR count). The zero-order valence-electron chi connectivity index (χ0n) is 25.6. The third-order valence-electron chi connectivity index (χ3n) is 9.24. The SMILES string of the molecule is C=Cc1c2[nH]c(c1C)C=C1NC(=C(CC(=O)O)C3N=C(C=c4[nH]c(c(C)c4CC)=C2)C(C)=C3C(=O)O)C(CCC(=O)O)C1C. The lowest BCUT2D eigenvalue weighted by Crippen LogP contribution is -2.24. The maximum absolute atomic E-state index is 12.7. The van der Waals surface area contributed by atoms with E-state index in [9.17, 15) is 29.7 Å². The highest BCUT2D eigenvalue weighted by Gasteiger charge is 2.40. The predicted molar refractivity (Wildman–Crippen MR) is 169 cm³/mol. The maximum Gasteiger partial charge on any atom is 0.334 e. The van der Waals surface area contributed by atoms with E-state index in [-0.39, 0.29) is 30.3 Å². The molecule has 44 heavy (non-hydrogen) atoms. The first-order valence-electron chi connectivity index (χ1n) is 14.8. The van der Waals surface area contributed by atoms with Crippen molar-refractivity contribution in [1.29, 1.82) is 0 Å². The minimum atomic E-state index is -1.18. The zero-order chi connectivity index (χ0) is 32.0. The fourth-order valence-electron chi connectivity index (χ4n) is 6.82. The normalized spacial score (nSPS) is 20.9. The molecule has 10 heteroatoms. The summed E-state index contributed by atoms with van der Waals surface area (Å²) in [5.74, 6) is -3.87. The van der Waals surface area contributed by atoms with Crippen LogP contribution in [0.5, 0.6) is 0 Å². The van der Waals surface area contributed by atoms with Crippen LogP contribution in [-0.2, 0) is 20.8 Å². The standard InChI is InChI=1S/C34H38N4O6/c1-7-19-15(3)23-12-25-17(5)21(9-10-29(39)40)32(37-25)22(11-30(41)42)33-31(34(43)44)18(6)26(38-33)14-28-20(8-2)16(4)24(36-28)13-27(19)35-23/h7,12-14,17,21,33,35-37H,1,8-11H2,2-6H3,(H,39,40)(H,41,42)(H,43,44). The molecular formula is C34H38N4O6. The monoisotopic (exact) mass is 598 g/mol. The van der Waals surface area contributed by atoms with Gasteiger partial charge < -0.3 is 30.6 Å². The lowest BCUT2D eigenvalue weighted by molar-refractivity contribution is -0.138. The Morgan fingerprint density at radius 2 is 1.70 bits per heavy atom. The third kappa shape index (κ3) is 5.25. The summed E-state index contributed by atoms with van der Waals surface area (Å²) in [5.41, 5.74) is 8.29. The molecule has 1 fully saturated rings. The van der Waals surface area contributed by atoms with Crippen LogP contribution < -0.4 is 16.0 Å². The minimum Gasteiger partial charge on any atom is -0.481 e. The number of aromatic amines is 2. The molecule has 0 amide bonds. The topological polar surface area (TPSA) is 168 Å². The van der Waals surface area contributed by atoms with Crippen LogP contribution in [0.4, 0.5) is 0 Å². The Balaban J connectivity index is 1.90. The lowest BCUT2D eigenvalue weighted by atomic mass is 9.84. The Morgan fingerprint density at radius 3 is 2.32 bits per heavy atom. The van der Waals surface area contributed by atoms with Gasteiger partial charge in [-0.25, -0.2) is 4.79 Å². The van der Waals surface area contributed by atoms with Crippen molar-refractivity contribution in [3.63, 3.8) is 0 Å². The number of allylic oxidation sites excluding steroid dienone is 3. The lowest BCUT2D eigenvalue weighted by Gasteiger charge is -2.21. The molecule has 0 aromatic carbocycles. The highest BCUT2D eigenvalue weighted by atomic mass is 16.4. The number of aromatic nitrogens is 2. The molecule has 3 aliphatic rings. The summed E-state index contributed by atoms with van der Waals surface area (Å²) < 4.78 is 0. The van der Waals surface area contributed by atoms with Gasteiger partial charge in [-0.1, -0.05) is 26.5 Å². The van der Waals surface area contributed by atoms with E-state index in [1.807, 2.05) is 45.1 Å². The number of carboxylic acid groups (broad SMARTS) is 3. The predicted octanol–water partition coefficient (Wildman–Crippen LogP) is 3.80. The van der Waals surface area contributed by atoms with E-state index in [1.165, 1.54) is 0 Å². The quantitative estimate of drug-likeness (QED) is 0.269. The summed E-state index contributed by atoms with van der Waals surface area (Å²) >= 11 is 0. The highest BCUT2D eigenvalue weighted by molar-refractivity contribution is 6.25. The van der Waals surface area contributed by atoms with Gasteiger partial charge in [0.05, 0.1) is 17.7 Å². The molecule has 3 unspecified atom stereocenters. The molecule has 0 radical (unpaired) electrons. The number of nitrogens with one attached hydrogen (secondary N) is 3. The fraction of sp³-hybridized carbons (Fsp3) is 0.353. The number of hydrogen-bond donors (Lipinski definition) is 6. The van der Waals surface area contributed by atoms with E-state index in [0.717, 1.165) is 56.5 Å². The van der Waals surface area contributed by atoms with Crippen LogP contribution >= 0.6 is 0 Å². The second-order valence-corrected chi connectivity index (χ2v) is 11.7.